The molecule has 1 unspecified atom stereocenters. The second kappa shape index (κ2) is 8.34. The predicted molar refractivity (Wildman–Crippen MR) is 103 cm³/mol. The molecule has 1 atom stereocenters. The molecule has 0 spiro atoms. The summed E-state index contributed by atoms with van der Waals surface area (Å²) in [5, 5.41) is 1.26. The Hall–Kier alpha value is -2.37. The topological polar surface area (TPSA) is 53.5 Å². The van der Waals surface area contributed by atoms with Crippen LogP contribution in [0.25, 0.3) is 22.2 Å². The molecule has 26 heavy (non-hydrogen) atoms. The van der Waals surface area contributed by atoms with Crippen LogP contribution >= 0.6 is 11.6 Å². The van der Waals surface area contributed by atoms with Gasteiger partial charge in [0, 0.05) is 37.3 Å². The van der Waals surface area contributed by atoms with E-state index in [9.17, 15) is 0 Å². The number of pyridine rings is 2. The third-order valence-electron chi connectivity index (χ3n) is 4.07. The van der Waals surface area contributed by atoms with Crippen molar-refractivity contribution in [2.24, 2.45) is 0 Å². The van der Waals surface area contributed by atoms with Gasteiger partial charge >= 0.3 is 0 Å². The largest absolute Gasteiger partial charge is 0.493 e. The number of nitrogens with zero attached hydrogens (tertiary/aromatic N) is 2. The standard InChI is InChI=1S/C20H21ClN2O3/c1-13(8-10-24-2)26-18-7-6-14(11-19(18)25-3)16-12-17-15(20(21)23-16)5-4-9-22-17/h4-7,9,11-13H,8,10H2,1-3H3. The molecule has 0 amide bonds. The van der Waals surface area contributed by atoms with Gasteiger partial charge < -0.3 is 14.2 Å². The molecule has 3 rings (SSSR count). The van der Waals surface area contributed by atoms with Gasteiger partial charge in [0.25, 0.3) is 0 Å². The Morgan fingerprint density at radius 3 is 2.73 bits per heavy atom. The molecule has 136 valence electrons. The van der Waals surface area contributed by atoms with Crippen molar-refractivity contribution < 1.29 is 14.2 Å². The summed E-state index contributed by atoms with van der Waals surface area (Å²) in [7, 11) is 3.30. The van der Waals surface area contributed by atoms with Crippen molar-refractivity contribution in [3.8, 4) is 22.8 Å². The first-order chi connectivity index (χ1) is 12.6. The maximum Gasteiger partial charge on any atom is 0.161 e. The molecule has 5 nitrogen and oxygen atoms in total. The summed E-state index contributed by atoms with van der Waals surface area (Å²) in [5.74, 6) is 1.33. The lowest BCUT2D eigenvalue weighted by molar-refractivity contribution is 0.133. The smallest absolute Gasteiger partial charge is 0.161 e. The average molecular weight is 373 g/mol. The van der Waals surface area contributed by atoms with Crippen molar-refractivity contribution in [2.75, 3.05) is 20.8 Å². The van der Waals surface area contributed by atoms with Crippen molar-refractivity contribution >= 4 is 22.5 Å². The van der Waals surface area contributed by atoms with Crippen molar-refractivity contribution in [1.29, 1.82) is 0 Å². The summed E-state index contributed by atoms with van der Waals surface area (Å²) < 4.78 is 16.5. The molecule has 1 aromatic carbocycles. The van der Waals surface area contributed by atoms with E-state index >= 15 is 0 Å². The molecule has 2 heterocycles. The third-order valence-corrected chi connectivity index (χ3v) is 4.36. The van der Waals surface area contributed by atoms with Crippen LogP contribution in [0.2, 0.25) is 5.15 Å². The maximum atomic E-state index is 6.32. The van der Waals surface area contributed by atoms with E-state index in [2.05, 4.69) is 9.97 Å². The lowest BCUT2D eigenvalue weighted by Crippen LogP contribution is -2.14. The molecule has 6 heteroatoms. The molecule has 0 aliphatic heterocycles. The molecule has 0 fully saturated rings. The van der Waals surface area contributed by atoms with Gasteiger partial charge in [0.1, 0.15) is 5.15 Å². The van der Waals surface area contributed by atoms with E-state index in [0.29, 0.717) is 23.3 Å². The molecule has 2 aromatic heterocycles. The summed E-state index contributed by atoms with van der Waals surface area (Å²) >= 11 is 6.32. The fourth-order valence-electron chi connectivity index (χ4n) is 2.67. The monoisotopic (exact) mass is 372 g/mol. The Morgan fingerprint density at radius 1 is 1.12 bits per heavy atom. The average Bonchev–Trinajstić information content (AvgIpc) is 2.66. The van der Waals surface area contributed by atoms with Gasteiger partial charge in [0.2, 0.25) is 0 Å². The van der Waals surface area contributed by atoms with Crippen LogP contribution in [0.5, 0.6) is 11.5 Å². The highest BCUT2D eigenvalue weighted by Gasteiger charge is 2.13. The maximum absolute atomic E-state index is 6.32. The lowest BCUT2D eigenvalue weighted by atomic mass is 10.1. The number of benzene rings is 1. The molecule has 0 radical (unpaired) electrons. The highest BCUT2D eigenvalue weighted by molar-refractivity contribution is 6.34. The van der Waals surface area contributed by atoms with Crippen molar-refractivity contribution in [2.45, 2.75) is 19.4 Å². The Morgan fingerprint density at radius 2 is 1.96 bits per heavy atom. The molecular weight excluding hydrogens is 352 g/mol. The third kappa shape index (κ3) is 4.06. The van der Waals surface area contributed by atoms with Crippen LogP contribution in [-0.4, -0.2) is 36.9 Å². The first kappa shape index (κ1) is 18.4. The molecule has 0 N–H and O–H groups in total. The van der Waals surface area contributed by atoms with Gasteiger partial charge in [0.05, 0.1) is 24.4 Å². The van der Waals surface area contributed by atoms with Crippen LogP contribution in [0.1, 0.15) is 13.3 Å². The van der Waals surface area contributed by atoms with Crippen LogP contribution in [-0.2, 0) is 4.74 Å². The highest BCUT2D eigenvalue weighted by atomic mass is 35.5. The van der Waals surface area contributed by atoms with Gasteiger partial charge in [-0.2, -0.15) is 0 Å². The lowest BCUT2D eigenvalue weighted by Gasteiger charge is -2.17. The van der Waals surface area contributed by atoms with E-state index < -0.39 is 0 Å². The zero-order valence-corrected chi connectivity index (χ0v) is 15.8. The number of halogens is 1. The molecule has 0 saturated carbocycles. The van der Waals surface area contributed by atoms with Crippen molar-refractivity contribution in [1.82, 2.24) is 9.97 Å². The van der Waals surface area contributed by atoms with E-state index in [-0.39, 0.29) is 6.10 Å². The summed E-state index contributed by atoms with van der Waals surface area (Å²) in [5.41, 5.74) is 2.42. The predicted octanol–water partition coefficient (Wildman–Crippen LogP) is 4.76. The van der Waals surface area contributed by atoms with E-state index in [4.69, 9.17) is 25.8 Å². The minimum absolute atomic E-state index is 0.0205. The second-order valence-electron chi connectivity index (χ2n) is 5.94. The molecule has 0 aliphatic rings. The Kier molecular flexibility index (Phi) is 5.91. The summed E-state index contributed by atoms with van der Waals surface area (Å²) in [6.45, 7) is 2.65. The Balaban J connectivity index is 1.92. The second-order valence-corrected chi connectivity index (χ2v) is 6.30. The number of aromatic nitrogens is 2. The molecule has 0 aliphatic carbocycles. The van der Waals surface area contributed by atoms with Crippen molar-refractivity contribution in [3.63, 3.8) is 0 Å². The summed E-state index contributed by atoms with van der Waals surface area (Å²) in [6.07, 6.45) is 2.56. The van der Waals surface area contributed by atoms with Gasteiger partial charge in [-0.05, 0) is 43.3 Å². The van der Waals surface area contributed by atoms with E-state index in [1.54, 1.807) is 20.4 Å². The number of rotatable bonds is 7. The number of fused-ring (bicyclic) bond motifs is 1. The van der Waals surface area contributed by atoms with Gasteiger partial charge in [-0.1, -0.05) is 11.6 Å². The quantitative estimate of drug-likeness (QED) is 0.559. The first-order valence-electron chi connectivity index (χ1n) is 8.37. The van der Waals surface area contributed by atoms with Gasteiger partial charge in [-0.3, -0.25) is 4.98 Å². The zero-order valence-electron chi connectivity index (χ0n) is 15.0. The van der Waals surface area contributed by atoms with E-state index in [1.165, 1.54) is 0 Å². The fourth-order valence-corrected chi connectivity index (χ4v) is 2.92. The Bertz CT molecular complexity index is 901. The number of ether oxygens (including phenoxy) is 3. The van der Waals surface area contributed by atoms with Crippen LogP contribution in [0.15, 0.2) is 42.6 Å². The fraction of sp³-hybridized carbons (Fsp3) is 0.300. The van der Waals surface area contributed by atoms with Crippen LogP contribution in [0.4, 0.5) is 0 Å². The molecule has 3 aromatic rings. The van der Waals surface area contributed by atoms with Crippen molar-refractivity contribution in [3.05, 3.63) is 47.7 Å². The normalized spacial score (nSPS) is 12.2. The molecular formula is C20H21ClN2O3. The van der Waals surface area contributed by atoms with E-state index in [1.807, 2.05) is 43.3 Å². The highest BCUT2D eigenvalue weighted by Crippen LogP contribution is 2.34. The Labute approximate surface area is 157 Å². The zero-order chi connectivity index (χ0) is 18.5. The SMILES string of the molecule is COCCC(C)Oc1ccc(-c2cc3ncccc3c(Cl)n2)cc1OC. The van der Waals surface area contributed by atoms with Crippen LogP contribution in [0, 0.1) is 0 Å². The van der Waals surface area contributed by atoms with E-state index in [0.717, 1.165) is 28.6 Å². The van der Waals surface area contributed by atoms with Crippen LogP contribution in [0.3, 0.4) is 0 Å². The van der Waals surface area contributed by atoms with Gasteiger partial charge in [-0.25, -0.2) is 4.98 Å². The number of methoxy groups -OCH3 is 2. The number of hydrogen-bond acceptors (Lipinski definition) is 5. The van der Waals surface area contributed by atoms with Gasteiger partial charge in [0.15, 0.2) is 11.5 Å². The summed E-state index contributed by atoms with van der Waals surface area (Å²) in [6, 6.07) is 11.4. The molecule has 0 bridgehead atoms. The minimum Gasteiger partial charge on any atom is -0.493 e. The minimum atomic E-state index is 0.0205. The van der Waals surface area contributed by atoms with Gasteiger partial charge in [-0.15, -0.1) is 0 Å². The van der Waals surface area contributed by atoms with Crippen LogP contribution < -0.4 is 9.47 Å². The number of hydrogen-bond donors (Lipinski definition) is 0. The molecule has 0 saturated heterocycles. The summed E-state index contributed by atoms with van der Waals surface area (Å²) in [4.78, 5) is 8.85. The first-order valence-corrected chi connectivity index (χ1v) is 8.75.